The second kappa shape index (κ2) is 71.1. The van der Waals surface area contributed by atoms with E-state index in [9.17, 15) is 14.4 Å². The number of carbonyl (C=O) groups excluding carboxylic acids is 3. The highest BCUT2D eigenvalue weighted by molar-refractivity contribution is 5.71. The zero-order chi connectivity index (χ0) is 59.9. The topological polar surface area (TPSA) is 78.9 Å². The van der Waals surface area contributed by atoms with E-state index < -0.39 is 6.10 Å². The highest BCUT2D eigenvalue weighted by Gasteiger charge is 2.19. The lowest BCUT2D eigenvalue weighted by molar-refractivity contribution is -0.167. The van der Waals surface area contributed by atoms with Crippen LogP contribution in [0, 0.1) is 0 Å². The standard InChI is InChI=1S/C77H136O6/c1-4-7-10-13-16-19-22-25-28-31-34-36-37-38-39-41-43-46-49-52-55-58-61-64-67-70-76(79)82-73-74(72-81-75(78)69-66-63-60-57-54-51-48-45-42-33-30-27-24-21-18-15-12-9-6-3)83-77(80)71-68-65-62-59-56-53-50-47-44-40-35-32-29-26-23-20-17-14-11-8-5-2/h7,10,16,18-19,21,25,27-28,30,34,36,42,45,74H,4-6,8-9,11-15,17,20,22-24,26,29,31-33,35,37-41,43-44,46-73H2,1-3H3/b10-7-,19-16-,21-18-,28-25-,30-27-,36-34-,45-42-. The van der Waals surface area contributed by atoms with Gasteiger partial charge in [-0.25, -0.2) is 0 Å². The van der Waals surface area contributed by atoms with Crippen molar-refractivity contribution in [3.63, 3.8) is 0 Å². The SMILES string of the molecule is CC/C=C\C/C=C\C/C=C\C/C=C\CCCCCCCCCCCCCCC(=O)OCC(COC(=O)CCCCCCCC/C=C\C/C=C\C/C=C\CCCCC)OC(=O)CCCCCCCCCCCCCCCCCCCCCCC. The van der Waals surface area contributed by atoms with E-state index >= 15 is 0 Å². The van der Waals surface area contributed by atoms with E-state index in [0.29, 0.717) is 19.3 Å². The molecule has 0 N–H and O–H groups in total. The Bertz CT molecular complexity index is 1570. The van der Waals surface area contributed by atoms with Gasteiger partial charge >= 0.3 is 17.9 Å². The van der Waals surface area contributed by atoms with E-state index in [4.69, 9.17) is 14.2 Å². The van der Waals surface area contributed by atoms with Gasteiger partial charge in [-0.15, -0.1) is 0 Å². The fraction of sp³-hybridized carbons (Fsp3) is 0.779. The van der Waals surface area contributed by atoms with Gasteiger partial charge in [0.1, 0.15) is 13.2 Å². The number of carbonyl (C=O) groups is 3. The van der Waals surface area contributed by atoms with Crippen molar-refractivity contribution in [1.82, 2.24) is 0 Å². The van der Waals surface area contributed by atoms with Crippen molar-refractivity contribution in [1.29, 1.82) is 0 Å². The van der Waals surface area contributed by atoms with E-state index in [1.807, 2.05) is 0 Å². The molecular weight excluding hydrogens is 1020 g/mol. The van der Waals surface area contributed by atoms with E-state index in [1.54, 1.807) is 0 Å². The average Bonchev–Trinajstić information content (AvgIpc) is 3.50. The van der Waals surface area contributed by atoms with Crippen molar-refractivity contribution in [3.05, 3.63) is 85.1 Å². The Kier molecular flexibility index (Phi) is 68.2. The number of rotatable bonds is 66. The summed E-state index contributed by atoms with van der Waals surface area (Å²) in [7, 11) is 0. The Labute approximate surface area is 515 Å². The average molecular weight is 1160 g/mol. The molecule has 0 aliphatic carbocycles. The van der Waals surface area contributed by atoms with Crippen LogP contribution in [-0.2, 0) is 28.6 Å². The lowest BCUT2D eigenvalue weighted by Crippen LogP contribution is -2.30. The molecule has 0 saturated carbocycles. The van der Waals surface area contributed by atoms with Gasteiger partial charge in [0.05, 0.1) is 0 Å². The van der Waals surface area contributed by atoms with Crippen LogP contribution < -0.4 is 0 Å². The first kappa shape index (κ1) is 79.6. The Morgan fingerprint density at radius 3 is 0.759 bits per heavy atom. The van der Waals surface area contributed by atoms with Crippen molar-refractivity contribution in [2.75, 3.05) is 13.2 Å². The van der Waals surface area contributed by atoms with Gasteiger partial charge in [-0.1, -0.05) is 337 Å². The summed E-state index contributed by atoms with van der Waals surface area (Å²) < 4.78 is 17.0. The fourth-order valence-corrected chi connectivity index (χ4v) is 10.5. The molecule has 6 nitrogen and oxygen atoms in total. The third-order valence-electron chi connectivity index (χ3n) is 15.9. The molecule has 6 heteroatoms. The molecule has 0 spiro atoms. The van der Waals surface area contributed by atoms with Gasteiger partial charge in [0.15, 0.2) is 6.10 Å². The number of esters is 3. The molecule has 0 bridgehead atoms. The smallest absolute Gasteiger partial charge is 0.306 e. The number of unbranched alkanes of at least 4 members (excludes halogenated alkanes) is 41. The summed E-state index contributed by atoms with van der Waals surface area (Å²) >= 11 is 0. The van der Waals surface area contributed by atoms with E-state index in [2.05, 4.69) is 106 Å². The highest BCUT2D eigenvalue weighted by Crippen LogP contribution is 2.18. The van der Waals surface area contributed by atoms with Crippen LogP contribution in [0.4, 0.5) is 0 Å². The lowest BCUT2D eigenvalue weighted by atomic mass is 10.0. The van der Waals surface area contributed by atoms with Crippen LogP contribution in [0.2, 0.25) is 0 Å². The monoisotopic (exact) mass is 1160 g/mol. The molecule has 0 radical (unpaired) electrons. The lowest BCUT2D eigenvalue weighted by Gasteiger charge is -2.18. The van der Waals surface area contributed by atoms with Gasteiger partial charge in [0.2, 0.25) is 0 Å². The maximum atomic E-state index is 13.0. The minimum atomic E-state index is -0.784. The first-order valence-corrected chi connectivity index (χ1v) is 36.1. The first-order valence-electron chi connectivity index (χ1n) is 36.1. The minimum absolute atomic E-state index is 0.0782. The Morgan fingerprint density at radius 1 is 0.253 bits per heavy atom. The van der Waals surface area contributed by atoms with Crippen LogP contribution >= 0.6 is 0 Å². The van der Waals surface area contributed by atoms with Crippen LogP contribution in [-0.4, -0.2) is 37.2 Å². The van der Waals surface area contributed by atoms with Crippen molar-refractivity contribution in [2.45, 2.75) is 374 Å². The summed E-state index contributed by atoms with van der Waals surface area (Å²) in [5, 5.41) is 0. The van der Waals surface area contributed by atoms with Crippen LogP contribution in [0.5, 0.6) is 0 Å². The molecule has 0 heterocycles. The number of hydrogen-bond acceptors (Lipinski definition) is 6. The zero-order valence-corrected chi connectivity index (χ0v) is 55.2. The summed E-state index contributed by atoms with van der Waals surface area (Å²) in [6.07, 6.45) is 94.6. The van der Waals surface area contributed by atoms with Crippen LogP contribution in [0.15, 0.2) is 85.1 Å². The zero-order valence-electron chi connectivity index (χ0n) is 55.2. The molecule has 0 aliphatic rings. The van der Waals surface area contributed by atoms with E-state index in [1.165, 1.54) is 225 Å². The Morgan fingerprint density at radius 2 is 0.470 bits per heavy atom. The molecule has 0 aliphatic heterocycles. The molecule has 1 atom stereocenters. The van der Waals surface area contributed by atoms with Gasteiger partial charge < -0.3 is 14.2 Å². The molecule has 0 aromatic rings. The number of ether oxygens (including phenoxy) is 3. The van der Waals surface area contributed by atoms with Gasteiger partial charge in [0.25, 0.3) is 0 Å². The van der Waals surface area contributed by atoms with Gasteiger partial charge in [0, 0.05) is 19.3 Å². The predicted molar refractivity (Wildman–Crippen MR) is 362 cm³/mol. The van der Waals surface area contributed by atoms with Crippen LogP contribution in [0.1, 0.15) is 367 Å². The molecule has 83 heavy (non-hydrogen) atoms. The van der Waals surface area contributed by atoms with Gasteiger partial charge in [-0.2, -0.15) is 0 Å². The largest absolute Gasteiger partial charge is 0.462 e. The molecule has 0 rings (SSSR count). The molecule has 0 fully saturated rings. The molecular formula is C77H136O6. The quantitative estimate of drug-likeness (QED) is 0.0261. The molecule has 0 saturated heterocycles. The van der Waals surface area contributed by atoms with Gasteiger partial charge in [-0.3, -0.25) is 14.4 Å². The minimum Gasteiger partial charge on any atom is -0.462 e. The normalized spacial score (nSPS) is 12.6. The van der Waals surface area contributed by atoms with Crippen molar-refractivity contribution in [2.24, 2.45) is 0 Å². The van der Waals surface area contributed by atoms with Crippen molar-refractivity contribution in [3.8, 4) is 0 Å². The number of hydrogen-bond donors (Lipinski definition) is 0. The second-order valence-corrected chi connectivity index (χ2v) is 24.1. The Hall–Kier alpha value is -3.41. The maximum Gasteiger partial charge on any atom is 0.306 e. The summed E-state index contributed by atoms with van der Waals surface area (Å²) in [5.41, 5.74) is 0. The third-order valence-corrected chi connectivity index (χ3v) is 15.9. The third kappa shape index (κ3) is 69.3. The maximum absolute atomic E-state index is 13.0. The van der Waals surface area contributed by atoms with Crippen molar-refractivity contribution >= 4 is 17.9 Å². The highest BCUT2D eigenvalue weighted by atomic mass is 16.6. The number of allylic oxidation sites excluding steroid dienone is 14. The summed E-state index contributed by atoms with van der Waals surface area (Å²) in [4.78, 5) is 38.5. The van der Waals surface area contributed by atoms with Crippen LogP contribution in [0.25, 0.3) is 0 Å². The van der Waals surface area contributed by atoms with Crippen molar-refractivity contribution < 1.29 is 28.6 Å². The fourth-order valence-electron chi connectivity index (χ4n) is 10.5. The summed E-state index contributed by atoms with van der Waals surface area (Å²) in [5.74, 6) is -0.870. The predicted octanol–water partition coefficient (Wildman–Crippen LogP) is 25.0. The van der Waals surface area contributed by atoms with Crippen LogP contribution in [0.3, 0.4) is 0 Å². The second-order valence-electron chi connectivity index (χ2n) is 24.1. The summed E-state index contributed by atoms with van der Waals surface area (Å²) in [6.45, 7) is 6.55. The molecule has 0 amide bonds. The molecule has 1 unspecified atom stereocenters. The molecule has 0 aromatic carbocycles. The van der Waals surface area contributed by atoms with E-state index in [-0.39, 0.29) is 31.1 Å². The van der Waals surface area contributed by atoms with E-state index in [0.717, 1.165) is 103 Å². The molecule has 480 valence electrons. The first-order chi connectivity index (χ1) is 41.0. The van der Waals surface area contributed by atoms with Gasteiger partial charge in [-0.05, 0) is 96.3 Å². The Balaban J connectivity index is 4.35. The summed E-state index contributed by atoms with van der Waals surface area (Å²) in [6, 6.07) is 0. The molecule has 0 aromatic heterocycles.